The van der Waals surface area contributed by atoms with Crippen LogP contribution in [0.1, 0.15) is 18.9 Å². The van der Waals surface area contributed by atoms with Gasteiger partial charge in [0.1, 0.15) is 0 Å². The molecule has 24 heavy (non-hydrogen) atoms. The Morgan fingerprint density at radius 3 is 2.58 bits per heavy atom. The molecule has 0 radical (unpaired) electrons. The van der Waals surface area contributed by atoms with Gasteiger partial charge in [-0.1, -0.05) is 49.7 Å². The lowest BCUT2D eigenvalue weighted by atomic mass is 10.1. The summed E-state index contributed by atoms with van der Waals surface area (Å²) in [4.78, 5) is 0. The van der Waals surface area contributed by atoms with E-state index in [1.54, 1.807) is 0 Å². The molecule has 0 N–H and O–H groups in total. The van der Waals surface area contributed by atoms with Crippen LogP contribution in [0, 0.1) is 0 Å². The van der Waals surface area contributed by atoms with Crippen molar-refractivity contribution in [2.24, 2.45) is 7.05 Å². The van der Waals surface area contributed by atoms with E-state index in [0.717, 1.165) is 6.42 Å². The van der Waals surface area contributed by atoms with Gasteiger partial charge in [-0.25, -0.2) is 0 Å². The summed E-state index contributed by atoms with van der Waals surface area (Å²) in [5.74, 6) is 0. The zero-order valence-corrected chi connectivity index (χ0v) is 14.8. The number of aromatic nitrogens is 1. The topological polar surface area (TPSA) is 4.93 Å². The van der Waals surface area contributed by atoms with Gasteiger partial charge in [-0.05, 0) is 30.2 Å². The molecule has 3 aromatic carbocycles. The van der Waals surface area contributed by atoms with Crippen molar-refractivity contribution in [2.45, 2.75) is 19.8 Å². The van der Waals surface area contributed by atoms with E-state index in [-0.39, 0.29) is 0 Å². The van der Waals surface area contributed by atoms with Crippen LogP contribution in [0.4, 0.5) is 0 Å². The molecule has 5 rings (SSSR count). The maximum atomic E-state index is 2.39. The van der Waals surface area contributed by atoms with Gasteiger partial charge in [0.2, 0.25) is 0 Å². The van der Waals surface area contributed by atoms with E-state index in [0.29, 0.717) is 0 Å². The Labute approximate surface area is 145 Å². The first-order valence-electron chi connectivity index (χ1n) is 8.59. The van der Waals surface area contributed by atoms with Gasteiger partial charge < -0.3 is 4.57 Å². The summed E-state index contributed by atoms with van der Waals surface area (Å²) in [5, 5.41) is 5.52. The number of fused-ring (bicyclic) bond motifs is 7. The number of thiophene rings is 1. The summed E-state index contributed by atoms with van der Waals surface area (Å²) in [6, 6.07) is 20.3. The molecule has 0 aliphatic rings. The van der Waals surface area contributed by atoms with E-state index in [1.165, 1.54) is 54.0 Å². The fourth-order valence-electron chi connectivity index (χ4n) is 3.98. The van der Waals surface area contributed by atoms with E-state index < -0.39 is 0 Å². The minimum Gasteiger partial charge on any atom is -0.342 e. The zero-order valence-electron chi connectivity index (χ0n) is 14.0. The van der Waals surface area contributed by atoms with Crippen LogP contribution in [0.5, 0.6) is 0 Å². The third-order valence-corrected chi connectivity index (χ3v) is 6.30. The molecule has 0 saturated carbocycles. The summed E-state index contributed by atoms with van der Waals surface area (Å²) in [6.07, 6.45) is 2.34. The van der Waals surface area contributed by atoms with E-state index in [9.17, 15) is 0 Å². The third-order valence-electron chi connectivity index (χ3n) is 5.11. The highest BCUT2D eigenvalue weighted by Crippen LogP contribution is 2.41. The SMILES string of the molecule is CCCc1ccc2c(c1)c1ccc3c4ccccc4sc3c1n2C. The Bertz CT molecular complexity index is 1220. The highest BCUT2D eigenvalue weighted by molar-refractivity contribution is 7.26. The number of benzene rings is 3. The fraction of sp³-hybridized carbons (Fsp3) is 0.182. The Kier molecular flexibility index (Phi) is 2.98. The molecule has 0 amide bonds. The quantitative estimate of drug-likeness (QED) is 0.341. The Balaban J connectivity index is 1.96. The summed E-state index contributed by atoms with van der Waals surface area (Å²) in [6.45, 7) is 2.24. The summed E-state index contributed by atoms with van der Waals surface area (Å²) < 4.78 is 5.15. The number of hydrogen-bond donors (Lipinski definition) is 0. The molecule has 0 atom stereocenters. The van der Waals surface area contributed by atoms with Crippen LogP contribution in [0.25, 0.3) is 42.0 Å². The first-order chi connectivity index (χ1) is 11.8. The minimum absolute atomic E-state index is 1.15. The van der Waals surface area contributed by atoms with Crippen LogP contribution >= 0.6 is 11.3 Å². The Hall–Kier alpha value is -2.32. The number of nitrogens with zero attached hydrogens (tertiary/aromatic N) is 1. The van der Waals surface area contributed by atoms with Crippen molar-refractivity contribution in [3.8, 4) is 0 Å². The van der Waals surface area contributed by atoms with E-state index in [2.05, 4.69) is 73.1 Å². The van der Waals surface area contributed by atoms with Gasteiger partial charge in [-0.2, -0.15) is 0 Å². The second kappa shape index (κ2) is 5.09. The normalized spacial score (nSPS) is 12.1. The third kappa shape index (κ3) is 1.81. The van der Waals surface area contributed by atoms with Gasteiger partial charge in [0, 0.05) is 38.8 Å². The van der Waals surface area contributed by atoms with Crippen molar-refractivity contribution in [3.05, 3.63) is 60.2 Å². The molecule has 1 nitrogen and oxygen atoms in total. The Morgan fingerprint density at radius 2 is 1.71 bits per heavy atom. The van der Waals surface area contributed by atoms with Crippen molar-refractivity contribution < 1.29 is 0 Å². The molecule has 0 saturated heterocycles. The van der Waals surface area contributed by atoms with Gasteiger partial charge in [-0.15, -0.1) is 11.3 Å². The molecule has 0 spiro atoms. The van der Waals surface area contributed by atoms with Crippen molar-refractivity contribution in [1.82, 2.24) is 4.57 Å². The smallest absolute Gasteiger partial charge is 0.0670 e. The Morgan fingerprint density at radius 1 is 0.875 bits per heavy atom. The summed E-state index contributed by atoms with van der Waals surface area (Å²) >= 11 is 1.91. The van der Waals surface area contributed by atoms with Gasteiger partial charge in [0.05, 0.1) is 10.2 Å². The molecular formula is C22H19NS. The van der Waals surface area contributed by atoms with E-state index >= 15 is 0 Å². The van der Waals surface area contributed by atoms with Gasteiger partial charge >= 0.3 is 0 Å². The highest BCUT2D eigenvalue weighted by Gasteiger charge is 2.14. The summed E-state index contributed by atoms with van der Waals surface area (Å²) in [7, 11) is 2.20. The van der Waals surface area contributed by atoms with E-state index in [4.69, 9.17) is 0 Å². The van der Waals surface area contributed by atoms with Gasteiger partial charge in [0.15, 0.2) is 0 Å². The lowest BCUT2D eigenvalue weighted by molar-refractivity contribution is 0.923. The van der Waals surface area contributed by atoms with Crippen molar-refractivity contribution >= 4 is 53.3 Å². The lowest BCUT2D eigenvalue weighted by Crippen LogP contribution is -1.87. The average Bonchev–Trinajstić information content (AvgIpc) is 3.11. The van der Waals surface area contributed by atoms with Crippen LogP contribution in [-0.4, -0.2) is 4.57 Å². The minimum atomic E-state index is 1.15. The van der Waals surface area contributed by atoms with Crippen molar-refractivity contribution in [2.75, 3.05) is 0 Å². The summed E-state index contributed by atoms with van der Waals surface area (Å²) in [5.41, 5.74) is 4.14. The average molecular weight is 329 g/mol. The fourth-order valence-corrected chi connectivity index (χ4v) is 5.27. The molecular weight excluding hydrogens is 310 g/mol. The second-order valence-corrected chi connectivity index (χ2v) is 7.65. The molecule has 2 heteroatoms. The molecule has 2 aromatic heterocycles. The van der Waals surface area contributed by atoms with Crippen molar-refractivity contribution in [1.29, 1.82) is 0 Å². The highest BCUT2D eigenvalue weighted by atomic mass is 32.1. The molecule has 0 aliphatic carbocycles. The van der Waals surface area contributed by atoms with Crippen molar-refractivity contribution in [3.63, 3.8) is 0 Å². The molecule has 0 aliphatic heterocycles. The van der Waals surface area contributed by atoms with Crippen LogP contribution in [0.2, 0.25) is 0 Å². The zero-order chi connectivity index (χ0) is 16.3. The second-order valence-electron chi connectivity index (χ2n) is 6.60. The first kappa shape index (κ1) is 14.1. The standard InChI is InChI=1S/C22H19NS/c1-3-6-14-9-12-19-18(13-14)16-10-11-17-15-7-4-5-8-20(15)24-22(17)21(16)23(19)2/h4-5,7-13H,3,6H2,1-2H3. The van der Waals surface area contributed by atoms with Crippen LogP contribution in [0.3, 0.4) is 0 Å². The predicted molar refractivity (Wildman–Crippen MR) is 107 cm³/mol. The van der Waals surface area contributed by atoms with E-state index in [1.807, 2.05) is 11.3 Å². The number of hydrogen-bond acceptors (Lipinski definition) is 1. The van der Waals surface area contributed by atoms with Gasteiger partial charge in [0.25, 0.3) is 0 Å². The molecule has 5 aromatic rings. The monoisotopic (exact) mass is 329 g/mol. The number of aryl methyl sites for hydroxylation is 2. The van der Waals surface area contributed by atoms with Crippen LogP contribution in [-0.2, 0) is 13.5 Å². The molecule has 118 valence electrons. The largest absolute Gasteiger partial charge is 0.342 e. The molecule has 0 unspecified atom stereocenters. The maximum Gasteiger partial charge on any atom is 0.0670 e. The predicted octanol–water partition coefficient (Wildman–Crippen LogP) is 6.65. The molecule has 0 fully saturated rings. The van der Waals surface area contributed by atoms with Crippen LogP contribution < -0.4 is 0 Å². The van der Waals surface area contributed by atoms with Crippen LogP contribution in [0.15, 0.2) is 54.6 Å². The lowest BCUT2D eigenvalue weighted by Gasteiger charge is -2.00. The van der Waals surface area contributed by atoms with Gasteiger partial charge in [-0.3, -0.25) is 0 Å². The molecule has 2 heterocycles. The number of rotatable bonds is 2. The maximum absolute atomic E-state index is 2.39. The molecule has 0 bridgehead atoms. The first-order valence-corrected chi connectivity index (χ1v) is 9.41.